The van der Waals surface area contributed by atoms with Gasteiger partial charge in [-0.05, 0) is 57.0 Å². The lowest BCUT2D eigenvalue weighted by molar-refractivity contribution is 0.408. The van der Waals surface area contributed by atoms with E-state index in [4.69, 9.17) is 9.97 Å². The highest BCUT2D eigenvalue weighted by atomic mass is 32.2. The molecule has 0 spiro atoms. The minimum Gasteiger partial charge on any atom is -0.325 e. The number of hydrogen-bond acceptors (Lipinski definition) is 5. The van der Waals surface area contributed by atoms with Gasteiger partial charge in [0, 0.05) is 29.6 Å². The monoisotopic (exact) mass is 485 g/mol. The Morgan fingerprint density at radius 3 is 2.63 bits per heavy atom. The number of allylic oxidation sites excluding steroid dienone is 1. The Bertz CT molecular complexity index is 1610. The van der Waals surface area contributed by atoms with Crippen molar-refractivity contribution in [3.63, 3.8) is 0 Å². The van der Waals surface area contributed by atoms with E-state index in [1.54, 1.807) is 6.20 Å². The first-order valence-electron chi connectivity index (χ1n) is 11.9. The third-order valence-corrected chi connectivity index (χ3v) is 8.58. The first kappa shape index (κ1) is 22.0. The standard InChI is InChI=1S/C27H27N5O2S/c1-27(2,3)31-17-29-22-10-8-18(15-25(22)31)21-9-11-23-26(21)30-24(16-28-23)19-6-4-7-20(14-19)32-12-5-13-35(32,33)34/h4,6-10,14-17H,5,11-13H2,1-3H3. The van der Waals surface area contributed by atoms with Crippen molar-refractivity contribution in [2.24, 2.45) is 0 Å². The van der Waals surface area contributed by atoms with Crippen LogP contribution in [0.5, 0.6) is 0 Å². The van der Waals surface area contributed by atoms with Crippen LogP contribution in [-0.2, 0) is 22.0 Å². The Kier molecular flexibility index (Phi) is 4.86. The van der Waals surface area contributed by atoms with E-state index < -0.39 is 10.0 Å². The molecule has 2 aromatic heterocycles. The van der Waals surface area contributed by atoms with Gasteiger partial charge in [0.15, 0.2) is 0 Å². The molecule has 0 radical (unpaired) electrons. The van der Waals surface area contributed by atoms with Crippen LogP contribution in [0, 0.1) is 0 Å². The number of rotatable bonds is 3. The van der Waals surface area contributed by atoms with E-state index in [1.165, 1.54) is 4.31 Å². The van der Waals surface area contributed by atoms with E-state index in [-0.39, 0.29) is 11.3 Å². The highest BCUT2D eigenvalue weighted by molar-refractivity contribution is 7.93. The lowest BCUT2D eigenvalue weighted by Gasteiger charge is -2.22. The van der Waals surface area contributed by atoms with Crippen LogP contribution >= 0.6 is 0 Å². The molecule has 0 N–H and O–H groups in total. The van der Waals surface area contributed by atoms with Gasteiger partial charge < -0.3 is 4.57 Å². The summed E-state index contributed by atoms with van der Waals surface area (Å²) in [5.74, 6) is 0.197. The number of benzene rings is 2. The molecular formula is C27H27N5O2S. The number of imidazole rings is 1. The Hall–Kier alpha value is -3.52. The Morgan fingerprint density at radius 1 is 1.00 bits per heavy atom. The molecule has 1 saturated heterocycles. The highest BCUT2D eigenvalue weighted by Gasteiger charge is 2.29. The van der Waals surface area contributed by atoms with Crippen LogP contribution in [-0.4, -0.2) is 40.2 Å². The summed E-state index contributed by atoms with van der Waals surface area (Å²) in [7, 11) is -3.24. The maximum atomic E-state index is 12.4. The molecule has 2 aromatic carbocycles. The molecule has 1 aliphatic carbocycles. The van der Waals surface area contributed by atoms with Gasteiger partial charge in [-0.1, -0.05) is 24.3 Å². The van der Waals surface area contributed by atoms with E-state index in [2.05, 4.69) is 54.6 Å². The Balaban J connectivity index is 1.39. The van der Waals surface area contributed by atoms with Crippen molar-refractivity contribution in [1.29, 1.82) is 0 Å². The Labute approximate surface area is 205 Å². The zero-order valence-electron chi connectivity index (χ0n) is 20.1. The summed E-state index contributed by atoms with van der Waals surface area (Å²) in [4.78, 5) is 14.3. The van der Waals surface area contributed by atoms with Crippen LogP contribution in [0.25, 0.3) is 27.9 Å². The van der Waals surface area contributed by atoms with Crippen molar-refractivity contribution in [2.75, 3.05) is 16.6 Å². The minimum absolute atomic E-state index is 0.0733. The zero-order valence-corrected chi connectivity index (χ0v) is 20.9. The predicted molar refractivity (Wildman–Crippen MR) is 139 cm³/mol. The second-order valence-electron chi connectivity index (χ2n) is 10.2. The fourth-order valence-corrected chi connectivity index (χ4v) is 6.48. The van der Waals surface area contributed by atoms with E-state index in [1.807, 2.05) is 30.6 Å². The van der Waals surface area contributed by atoms with E-state index in [0.29, 0.717) is 18.7 Å². The molecule has 0 atom stereocenters. The maximum absolute atomic E-state index is 12.4. The molecule has 0 bridgehead atoms. The summed E-state index contributed by atoms with van der Waals surface area (Å²) in [5.41, 5.74) is 8.23. The number of fused-ring (bicyclic) bond motifs is 2. The van der Waals surface area contributed by atoms with E-state index in [9.17, 15) is 8.42 Å². The topological polar surface area (TPSA) is 81.0 Å². The van der Waals surface area contributed by atoms with Crippen LogP contribution in [0.15, 0.2) is 61.1 Å². The number of aromatic nitrogens is 4. The normalized spacial score (nSPS) is 17.1. The minimum atomic E-state index is -3.24. The molecule has 1 fully saturated rings. The highest BCUT2D eigenvalue weighted by Crippen LogP contribution is 2.35. The second kappa shape index (κ2) is 7.75. The van der Waals surface area contributed by atoms with Gasteiger partial charge in [-0.2, -0.15) is 0 Å². The van der Waals surface area contributed by atoms with Crippen molar-refractivity contribution in [3.8, 4) is 11.3 Å². The molecular weight excluding hydrogens is 458 g/mol. The van der Waals surface area contributed by atoms with Crippen molar-refractivity contribution in [2.45, 2.75) is 39.2 Å². The molecule has 7 nitrogen and oxygen atoms in total. The van der Waals surface area contributed by atoms with Gasteiger partial charge in [-0.25, -0.2) is 18.4 Å². The third-order valence-electron chi connectivity index (χ3n) is 6.71. The van der Waals surface area contributed by atoms with Crippen LogP contribution in [0.1, 0.15) is 44.1 Å². The molecule has 35 heavy (non-hydrogen) atoms. The van der Waals surface area contributed by atoms with Gasteiger partial charge in [0.05, 0.1) is 52.1 Å². The van der Waals surface area contributed by atoms with Gasteiger partial charge in [0.1, 0.15) is 0 Å². The van der Waals surface area contributed by atoms with Crippen LogP contribution in [0.2, 0.25) is 0 Å². The lowest BCUT2D eigenvalue weighted by Crippen LogP contribution is -2.24. The summed E-state index contributed by atoms with van der Waals surface area (Å²) in [5, 5.41) is 0. The molecule has 3 heterocycles. The van der Waals surface area contributed by atoms with Crippen LogP contribution in [0.4, 0.5) is 5.69 Å². The van der Waals surface area contributed by atoms with Crippen molar-refractivity contribution < 1.29 is 8.42 Å². The number of sulfonamides is 1. The fourth-order valence-electron chi connectivity index (χ4n) is 4.93. The van der Waals surface area contributed by atoms with Crippen LogP contribution in [0.3, 0.4) is 0 Å². The average molecular weight is 486 g/mol. The molecule has 1 aliphatic heterocycles. The smallest absolute Gasteiger partial charge is 0.235 e. The maximum Gasteiger partial charge on any atom is 0.235 e. The lowest BCUT2D eigenvalue weighted by atomic mass is 10.0. The van der Waals surface area contributed by atoms with Crippen molar-refractivity contribution >= 4 is 32.3 Å². The average Bonchev–Trinajstić information content (AvgIpc) is 3.53. The number of anilines is 1. The van der Waals surface area contributed by atoms with Crippen LogP contribution < -0.4 is 4.31 Å². The van der Waals surface area contributed by atoms with E-state index in [0.717, 1.165) is 51.2 Å². The number of nitrogens with zero attached hydrogens (tertiary/aromatic N) is 5. The van der Waals surface area contributed by atoms with E-state index >= 15 is 0 Å². The molecule has 0 amide bonds. The summed E-state index contributed by atoms with van der Waals surface area (Å²) in [6.45, 7) is 7.03. The Morgan fingerprint density at radius 2 is 1.86 bits per heavy atom. The van der Waals surface area contributed by atoms with Gasteiger partial charge in [-0.15, -0.1) is 0 Å². The first-order valence-corrected chi connectivity index (χ1v) is 13.5. The van der Waals surface area contributed by atoms with Crippen molar-refractivity contribution in [1.82, 2.24) is 19.5 Å². The summed E-state index contributed by atoms with van der Waals surface area (Å²) >= 11 is 0. The number of hydrogen-bond donors (Lipinski definition) is 0. The molecule has 0 saturated carbocycles. The van der Waals surface area contributed by atoms with Gasteiger partial charge in [0.25, 0.3) is 0 Å². The zero-order chi connectivity index (χ0) is 24.4. The molecule has 4 aromatic rings. The first-order chi connectivity index (χ1) is 16.7. The second-order valence-corrected chi connectivity index (χ2v) is 12.2. The molecule has 8 heteroatoms. The summed E-state index contributed by atoms with van der Waals surface area (Å²) in [6, 6.07) is 13.9. The summed E-state index contributed by atoms with van der Waals surface area (Å²) in [6.07, 6.45) is 7.25. The van der Waals surface area contributed by atoms with Crippen molar-refractivity contribution in [3.05, 3.63) is 78.0 Å². The van der Waals surface area contributed by atoms with Gasteiger partial charge in [0.2, 0.25) is 10.0 Å². The molecule has 0 unspecified atom stereocenters. The van der Waals surface area contributed by atoms with Gasteiger partial charge >= 0.3 is 0 Å². The van der Waals surface area contributed by atoms with Gasteiger partial charge in [-0.3, -0.25) is 9.29 Å². The molecule has 2 aliphatic rings. The molecule has 178 valence electrons. The largest absolute Gasteiger partial charge is 0.325 e. The molecule has 6 rings (SSSR count). The predicted octanol–water partition coefficient (Wildman–Crippen LogP) is 4.78. The quantitative estimate of drug-likeness (QED) is 0.417. The third kappa shape index (κ3) is 3.72. The fraction of sp³-hybridized carbons (Fsp3) is 0.296. The summed E-state index contributed by atoms with van der Waals surface area (Å²) < 4.78 is 28.5. The SMILES string of the molecule is CC(C)(C)n1cnc2ccc(C3=CCc4ncc(-c5cccc(N6CCCS6(=O)=O)c5)nc43)cc21.